The van der Waals surface area contributed by atoms with Crippen LogP contribution < -0.4 is 5.73 Å². The van der Waals surface area contributed by atoms with Crippen LogP contribution in [0.25, 0.3) is 0 Å². The summed E-state index contributed by atoms with van der Waals surface area (Å²) in [6.07, 6.45) is 3.21. The number of rotatable bonds is 2. The third kappa shape index (κ3) is 1.54. The third-order valence-corrected chi connectivity index (χ3v) is 3.68. The molecule has 98 valence electrons. The molecule has 0 aromatic rings. The molecule has 0 aromatic heterocycles. The van der Waals surface area contributed by atoms with E-state index < -0.39 is 5.54 Å². The van der Waals surface area contributed by atoms with E-state index in [-0.39, 0.29) is 18.9 Å². The van der Waals surface area contributed by atoms with Crippen molar-refractivity contribution in [3.05, 3.63) is 0 Å². The number of aliphatic imine (C=N–C) groups is 3. The summed E-state index contributed by atoms with van der Waals surface area (Å²) >= 11 is 0. The Morgan fingerprint density at radius 1 is 1.56 bits per heavy atom. The molecule has 3 rings (SSSR count). The zero-order valence-electron chi connectivity index (χ0n) is 10.3. The van der Waals surface area contributed by atoms with Crippen LogP contribution in [0.2, 0.25) is 0 Å². The number of hydrogen-bond donors (Lipinski definition) is 2. The van der Waals surface area contributed by atoms with Crippen LogP contribution in [-0.2, 0) is 4.74 Å². The lowest BCUT2D eigenvalue weighted by molar-refractivity contribution is -0.0217. The summed E-state index contributed by atoms with van der Waals surface area (Å²) in [5, 5.41) is 9.11. The largest absolute Gasteiger partial charge is 0.394 e. The predicted molar refractivity (Wildman–Crippen MR) is 67.6 cm³/mol. The van der Waals surface area contributed by atoms with Crippen molar-refractivity contribution >= 4 is 18.0 Å². The minimum Gasteiger partial charge on any atom is -0.394 e. The van der Waals surface area contributed by atoms with Crippen molar-refractivity contribution in [2.75, 3.05) is 13.3 Å². The average Bonchev–Trinajstić information content (AvgIpc) is 2.95. The van der Waals surface area contributed by atoms with Crippen molar-refractivity contribution in [3.63, 3.8) is 0 Å². The topological polar surface area (TPSA) is 95.8 Å². The first-order chi connectivity index (χ1) is 8.65. The van der Waals surface area contributed by atoms with E-state index in [1.807, 2.05) is 11.8 Å². The Morgan fingerprint density at radius 3 is 3.11 bits per heavy atom. The fraction of sp³-hybridized carbons (Fsp3) is 0.727. The van der Waals surface area contributed by atoms with E-state index in [9.17, 15) is 0 Å². The molecule has 3 N–H and O–H groups in total. The van der Waals surface area contributed by atoms with Gasteiger partial charge in [-0.05, 0) is 19.8 Å². The number of aliphatic hydroxyl groups excluding tert-OH is 1. The highest BCUT2D eigenvalue weighted by atomic mass is 16.5. The van der Waals surface area contributed by atoms with E-state index in [1.165, 1.54) is 0 Å². The van der Waals surface area contributed by atoms with Crippen LogP contribution in [-0.4, -0.2) is 59.2 Å². The van der Waals surface area contributed by atoms with Gasteiger partial charge in [-0.25, -0.2) is 9.98 Å². The number of hydrogen-bond acceptors (Lipinski definition) is 7. The van der Waals surface area contributed by atoms with Gasteiger partial charge in [-0.15, -0.1) is 0 Å². The molecule has 1 unspecified atom stereocenters. The molecule has 1 fully saturated rings. The number of nitrogens with two attached hydrogens (primary N) is 1. The molecule has 3 aliphatic heterocycles. The second-order valence-electron chi connectivity index (χ2n) is 4.86. The molecular weight excluding hydrogens is 234 g/mol. The van der Waals surface area contributed by atoms with Gasteiger partial charge in [-0.1, -0.05) is 0 Å². The molecule has 0 radical (unpaired) electrons. The molecule has 1 saturated heterocycles. The summed E-state index contributed by atoms with van der Waals surface area (Å²) in [5.74, 6) is 1.28. The van der Waals surface area contributed by atoms with Crippen molar-refractivity contribution in [3.8, 4) is 0 Å². The van der Waals surface area contributed by atoms with Gasteiger partial charge in [0.1, 0.15) is 24.6 Å². The highest BCUT2D eigenvalue weighted by molar-refractivity contribution is 6.20. The van der Waals surface area contributed by atoms with Crippen molar-refractivity contribution in [2.45, 2.75) is 37.6 Å². The summed E-state index contributed by atoms with van der Waals surface area (Å²) in [4.78, 5) is 14.9. The lowest BCUT2D eigenvalue weighted by atomic mass is 9.99. The maximum absolute atomic E-state index is 9.11. The summed E-state index contributed by atoms with van der Waals surface area (Å²) in [7, 11) is 0. The van der Waals surface area contributed by atoms with Gasteiger partial charge in [0.05, 0.1) is 19.0 Å². The predicted octanol–water partition coefficient (Wildman–Crippen LogP) is -0.687. The highest BCUT2D eigenvalue weighted by Gasteiger charge is 2.46. The molecule has 0 amide bonds. The van der Waals surface area contributed by atoms with Crippen LogP contribution in [0.5, 0.6) is 0 Å². The van der Waals surface area contributed by atoms with Gasteiger partial charge in [-0.3, -0.25) is 9.89 Å². The fourth-order valence-corrected chi connectivity index (χ4v) is 2.53. The molecule has 7 heteroatoms. The van der Waals surface area contributed by atoms with Crippen molar-refractivity contribution in [1.82, 2.24) is 4.90 Å². The highest BCUT2D eigenvalue weighted by Crippen LogP contribution is 2.30. The number of amidine groups is 2. The van der Waals surface area contributed by atoms with Crippen LogP contribution in [0, 0.1) is 0 Å². The molecule has 0 saturated carbocycles. The molecule has 0 aromatic carbocycles. The maximum Gasteiger partial charge on any atom is 0.173 e. The second-order valence-corrected chi connectivity index (χ2v) is 4.86. The maximum atomic E-state index is 9.11. The van der Waals surface area contributed by atoms with E-state index in [1.54, 1.807) is 6.34 Å². The monoisotopic (exact) mass is 251 g/mol. The van der Waals surface area contributed by atoms with E-state index in [4.69, 9.17) is 15.6 Å². The zero-order valence-corrected chi connectivity index (χ0v) is 10.3. The lowest BCUT2D eigenvalue weighted by Gasteiger charge is -2.31. The standard InChI is InChI=1S/C11H17N5O2/c1-11-9(12)13-5-14-10(11)16(6-15-11)8-3-2-7(4-17)18-8/h6-8,17H,2-5H2,1H3,(H2,12,13)/t7-,8+,11?/m0/s1. The van der Waals surface area contributed by atoms with E-state index in [0.29, 0.717) is 12.5 Å². The molecule has 7 nitrogen and oxygen atoms in total. The van der Waals surface area contributed by atoms with Gasteiger partial charge in [0.15, 0.2) is 5.54 Å². The van der Waals surface area contributed by atoms with E-state index in [0.717, 1.165) is 18.7 Å². The van der Waals surface area contributed by atoms with Gasteiger partial charge in [0, 0.05) is 0 Å². The smallest absolute Gasteiger partial charge is 0.173 e. The molecule has 3 atom stereocenters. The van der Waals surface area contributed by atoms with Crippen LogP contribution in [0.1, 0.15) is 19.8 Å². The Morgan fingerprint density at radius 2 is 2.39 bits per heavy atom. The zero-order chi connectivity index (χ0) is 12.8. The van der Waals surface area contributed by atoms with Gasteiger partial charge in [0.2, 0.25) is 0 Å². The molecule has 0 spiro atoms. The lowest BCUT2D eigenvalue weighted by Crippen LogP contribution is -2.53. The quantitative estimate of drug-likeness (QED) is 0.679. The SMILES string of the molecule is CC12N=CN([C@H]3CC[C@@H](CO)O3)C1=NCN=C2N. The van der Waals surface area contributed by atoms with Crippen LogP contribution in [0.4, 0.5) is 0 Å². The van der Waals surface area contributed by atoms with Gasteiger partial charge in [-0.2, -0.15) is 0 Å². The Bertz CT molecular complexity index is 447. The molecule has 0 aliphatic carbocycles. The molecule has 0 bridgehead atoms. The van der Waals surface area contributed by atoms with E-state index in [2.05, 4.69) is 15.0 Å². The van der Waals surface area contributed by atoms with Crippen molar-refractivity contribution < 1.29 is 9.84 Å². The van der Waals surface area contributed by atoms with Crippen molar-refractivity contribution in [2.24, 2.45) is 20.7 Å². The first-order valence-corrected chi connectivity index (χ1v) is 6.10. The summed E-state index contributed by atoms with van der Waals surface area (Å²) < 4.78 is 5.75. The molecule has 18 heavy (non-hydrogen) atoms. The normalized spacial score (nSPS) is 38.7. The minimum atomic E-state index is -0.654. The fourth-order valence-electron chi connectivity index (χ4n) is 2.53. The first-order valence-electron chi connectivity index (χ1n) is 6.10. The Balaban J connectivity index is 1.81. The second kappa shape index (κ2) is 4.03. The van der Waals surface area contributed by atoms with Gasteiger partial charge >= 0.3 is 0 Å². The number of aliphatic hydroxyl groups is 1. The van der Waals surface area contributed by atoms with Crippen molar-refractivity contribution in [1.29, 1.82) is 0 Å². The molecular formula is C11H17N5O2. The Labute approximate surface area is 105 Å². The van der Waals surface area contributed by atoms with Gasteiger partial charge in [0.25, 0.3) is 0 Å². The van der Waals surface area contributed by atoms with Crippen LogP contribution >= 0.6 is 0 Å². The van der Waals surface area contributed by atoms with Crippen LogP contribution in [0.15, 0.2) is 15.0 Å². The summed E-state index contributed by atoms with van der Waals surface area (Å²) in [6.45, 7) is 2.29. The van der Waals surface area contributed by atoms with Crippen LogP contribution in [0.3, 0.4) is 0 Å². The number of nitrogens with zero attached hydrogens (tertiary/aromatic N) is 4. The first kappa shape index (κ1) is 11.6. The van der Waals surface area contributed by atoms with E-state index >= 15 is 0 Å². The third-order valence-electron chi connectivity index (χ3n) is 3.68. The summed E-state index contributed by atoms with van der Waals surface area (Å²) in [6, 6.07) is 0. The Hall–Kier alpha value is -1.47. The Kier molecular flexibility index (Phi) is 2.60. The average molecular weight is 251 g/mol. The minimum absolute atomic E-state index is 0.0504. The number of ether oxygens (including phenoxy) is 1. The summed E-state index contributed by atoms with van der Waals surface area (Å²) in [5.41, 5.74) is 5.26. The van der Waals surface area contributed by atoms with Gasteiger partial charge < -0.3 is 15.6 Å². The number of fused-ring (bicyclic) bond motifs is 1. The molecule has 3 aliphatic rings. The molecule has 3 heterocycles.